The van der Waals surface area contributed by atoms with Crippen LogP contribution in [0.2, 0.25) is 0 Å². The van der Waals surface area contributed by atoms with Gasteiger partial charge in [-0.15, -0.1) is 0 Å². The molecule has 0 bridgehead atoms. The van der Waals surface area contributed by atoms with Crippen LogP contribution in [0.4, 0.5) is 4.79 Å². The number of rotatable bonds is 5. The fourth-order valence-electron chi connectivity index (χ4n) is 2.96. The number of carbonyl (C=O) groups is 1. The molecule has 0 radical (unpaired) electrons. The zero-order valence-electron chi connectivity index (χ0n) is 13.2. The highest BCUT2D eigenvalue weighted by molar-refractivity contribution is 5.67. The molecule has 2 rings (SSSR count). The summed E-state index contributed by atoms with van der Waals surface area (Å²) in [6, 6.07) is 1.10. The van der Waals surface area contributed by atoms with Crippen LogP contribution < -0.4 is 10.6 Å². The van der Waals surface area contributed by atoms with E-state index in [2.05, 4.69) is 10.6 Å². The molecule has 20 heavy (non-hydrogen) atoms. The Hall–Kier alpha value is -0.770. The summed E-state index contributed by atoms with van der Waals surface area (Å²) in [5, 5.41) is 6.65. The third kappa shape index (κ3) is 5.70. The van der Waals surface area contributed by atoms with Gasteiger partial charge in [0, 0.05) is 18.6 Å². The van der Waals surface area contributed by atoms with Crippen molar-refractivity contribution in [3.63, 3.8) is 0 Å². The molecule has 0 saturated heterocycles. The Morgan fingerprint density at radius 2 is 1.80 bits per heavy atom. The first-order valence-electron chi connectivity index (χ1n) is 8.17. The van der Waals surface area contributed by atoms with Crippen LogP contribution in [0.25, 0.3) is 0 Å². The predicted octanol–water partition coefficient (Wildman–Crippen LogP) is 3.21. The SMILES string of the molecule is CC(C)(C)OC(=O)NCC(NC1CC1)C1CCCCC1. The summed E-state index contributed by atoms with van der Waals surface area (Å²) in [6.07, 6.45) is 8.90. The molecule has 1 atom stereocenters. The number of ether oxygens (including phenoxy) is 1. The Bertz CT molecular complexity index is 315. The van der Waals surface area contributed by atoms with Crippen LogP contribution in [-0.4, -0.2) is 30.3 Å². The van der Waals surface area contributed by atoms with Gasteiger partial charge in [-0.05, 0) is 52.4 Å². The lowest BCUT2D eigenvalue weighted by atomic mass is 9.83. The smallest absolute Gasteiger partial charge is 0.407 e. The number of hydrogen-bond acceptors (Lipinski definition) is 3. The molecule has 4 heteroatoms. The molecular formula is C16H30N2O2. The monoisotopic (exact) mass is 282 g/mol. The van der Waals surface area contributed by atoms with Crippen LogP contribution in [0.3, 0.4) is 0 Å². The van der Waals surface area contributed by atoms with Gasteiger partial charge in [0.25, 0.3) is 0 Å². The van der Waals surface area contributed by atoms with Crippen molar-refractivity contribution in [2.75, 3.05) is 6.54 Å². The van der Waals surface area contributed by atoms with Crippen LogP contribution in [0, 0.1) is 5.92 Å². The summed E-state index contributed by atoms with van der Waals surface area (Å²) in [7, 11) is 0. The second-order valence-corrected chi connectivity index (χ2v) is 7.33. The molecule has 0 spiro atoms. The Balaban J connectivity index is 1.78. The second kappa shape index (κ2) is 6.79. The van der Waals surface area contributed by atoms with E-state index in [1.807, 2.05) is 20.8 Å². The van der Waals surface area contributed by atoms with Gasteiger partial charge < -0.3 is 15.4 Å². The summed E-state index contributed by atoms with van der Waals surface area (Å²) < 4.78 is 5.32. The lowest BCUT2D eigenvalue weighted by Crippen LogP contribution is -2.47. The molecule has 1 unspecified atom stereocenters. The summed E-state index contributed by atoms with van der Waals surface area (Å²) in [6.45, 7) is 6.38. The molecule has 0 heterocycles. The summed E-state index contributed by atoms with van der Waals surface area (Å²) in [5.41, 5.74) is -0.422. The molecule has 0 aromatic heterocycles. The normalized spacial score (nSPS) is 22.4. The van der Waals surface area contributed by atoms with Crippen molar-refractivity contribution in [3.8, 4) is 0 Å². The van der Waals surface area contributed by atoms with Gasteiger partial charge in [0.2, 0.25) is 0 Å². The number of nitrogens with one attached hydrogen (secondary N) is 2. The zero-order chi connectivity index (χ0) is 14.6. The minimum absolute atomic E-state index is 0.295. The number of hydrogen-bond donors (Lipinski definition) is 2. The maximum absolute atomic E-state index is 11.8. The lowest BCUT2D eigenvalue weighted by Gasteiger charge is -2.31. The van der Waals surface area contributed by atoms with Crippen molar-refractivity contribution >= 4 is 6.09 Å². The highest BCUT2D eigenvalue weighted by Gasteiger charge is 2.30. The average molecular weight is 282 g/mol. The van der Waals surface area contributed by atoms with E-state index in [1.165, 1.54) is 44.9 Å². The first-order chi connectivity index (χ1) is 9.44. The van der Waals surface area contributed by atoms with E-state index in [0.29, 0.717) is 24.5 Å². The third-order valence-electron chi connectivity index (χ3n) is 4.11. The van der Waals surface area contributed by atoms with Gasteiger partial charge in [-0.2, -0.15) is 0 Å². The van der Waals surface area contributed by atoms with E-state index < -0.39 is 5.60 Å². The Morgan fingerprint density at radius 1 is 1.15 bits per heavy atom. The number of alkyl carbamates (subject to hydrolysis) is 1. The molecule has 2 fully saturated rings. The van der Waals surface area contributed by atoms with Gasteiger partial charge >= 0.3 is 6.09 Å². The van der Waals surface area contributed by atoms with Crippen LogP contribution in [0.15, 0.2) is 0 Å². The van der Waals surface area contributed by atoms with Gasteiger partial charge in [-0.3, -0.25) is 0 Å². The van der Waals surface area contributed by atoms with Crippen LogP contribution in [0.1, 0.15) is 65.7 Å². The van der Waals surface area contributed by atoms with Gasteiger partial charge in [0.1, 0.15) is 5.60 Å². The van der Waals surface area contributed by atoms with E-state index >= 15 is 0 Å². The first kappa shape index (κ1) is 15.6. The maximum atomic E-state index is 11.8. The molecule has 4 nitrogen and oxygen atoms in total. The van der Waals surface area contributed by atoms with E-state index in [1.54, 1.807) is 0 Å². The molecule has 1 amide bonds. The van der Waals surface area contributed by atoms with Crippen LogP contribution in [0.5, 0.6) is 0 Å². The molecule has 2 aliphatic carbocycles. The average Bonchev–Trinajstić information content (AvgIpc) is 3.17. The fourth-order valence-corrected chi connectivity index (χ4v) is 2.96. The van der Waals surface area contributed by atoms with Gasteiger partial charge in [0.05, 0.1) is 0 Å². The van der Waals surface area contributed by atoms with E-state index in [-0.39, 0.29) is 6.09 Å². The van der Waals surface area contributed by atoms with Crippen LogP contribution in [-0.2, 0) is 4.74 Å². The Kier molecular flexibility index (Phi) is 5.30. The van der Waals surface area contributed by atoms with E-state index in [0.717, 1.165) is 0 Å². The third-order valence-corrected chi connectivity index (χ3v) is 4.11. The fraction of sp³-hybridized carbons (Fsp3) is 0.938. The van der Waals surface area contributed by atoms with Crippen molar-refractivity contribution in [2.45, 2.75) is 83.4 Å². The second-order valence-electron chi connectivity index (χ2n) is 7.33. The zero-order valence-corrected chi connectivity index (χ0v) is 13.2. The number of amides is 1. The summed E-state index contributed by atoms with van der Waals surface area (Å²) in [5.74, 6) is 0.708. The van der Waals surface area contributed by atoms with Crippen molar-refractivity contribution in [3.05, 3.63) is 0 Å². The quantitative estimate of drug-likeness (QED) is 0.814. The largest absolute Gasteiger partial charge is 0.444 e. The molecule has 0 aromatic carbocycles. The molecule has 2 N–H and O–H groups in total. The topological polar surface area (TPSA) is 50.4 Å². The highest BCUT2D eigenvalue weighted by Crippen LogP contribution is 2.29. The number of carbonyl (C=O) groups excluding carboxylic acids is 1. The predicted molar refractivity (Wildman–Crippen MR) is 80.8 cm³/mol. The summed E-state index contributed by atoms with van der Waals surface area (Å²) >= 11 is 0. The molecule has 116 valence electrons. The molecule has 2 aliphatic rings. The lowest BCUT2D eigenvalue weighted by molar-refractivity contribution is 0.0515. The van der Waals surface area contributed by atoms with Crippen molar-refractivity contribution in [1.29, 1.82) is 0 Å². The first-order valence-corrected chi connectivity index (χ1v) is 8.17. The van der Waals surface area contributed by atoms with E-state index in [9.17, 15) is 4.79 Å². The van der Waals surface area contributed by atoms with Gasteiger partial charge in [0.15, 0.2) is 0 Å². The molecule has 2 saturated carbocycles. The van der Waals surface area contributed by atoms with Crippen LogP contribution >= 0.6 is 0 Å². The van der Waals surface area contributed by atoms with Gasteiger partial charge in [-0.25, -0.2) is 4.79 Å². The standard InChI is InChI=1S/C16H30N2O2/c1-16(2,3)20-15(19)17-11-14(18-13-9-10-13)12-7-5-4-6-8-12/h12-14,18H,4-11H2,1-3H3,(H,17,19). The highest BCUT2D eigenvalue weighted by atomic mass is 16.6. The molecular weight excluding hydrogens is 252 g/mol. The minimum Gasteiger partial charge on any atom is -0.444 e. The maximum Gasteiger partial charge on any atom is 0.407 e. The Labute approximate surface area is 123 Å². The molecule has 0 aromatic rings. The summed E-state index contributed by atoms with van der Waals surface area (Å²) in [4.78, 5) is 11.8. The minimum atomic E-state index is -0.422. The van der Waals surface area contributed by atoms with Crippen molar-refractivity contribution < 1.29 is 9.53 Å². The Morgan fingerprint density at radius 3 is 2.35 bits per heavy atom. The van der Waals surface area contributed by atoms with Crippen molar-refractivity contribution in [2.24, 2.45) is 5.92 Å². The van der Waals surface area contributed by atoms with E-state index in [4.69, 9.17) is 4.74 Å². The molecule has 0 aliphatic heterocycles. The van der Waals surface area contributed by atoms with Crippen molar-refractivity contribution in [1.82, 2.24) is 10.6 Å². The van der Waals surface area contributed by atoms with Gasteiger partial charge in [-0.1, -0.05) is 19.3 Å².